The zero-order valence-corrected chi connectivity index (χ0v) is 42.4. The van der Waals surface area contributed by atoms with E-state index in [0.29, 0.717) is 26.4 Å². The second-order valence-corrected chi connectivity index (χ2v) is 16.3. The topological polar surface area (TPSA) is 510 Å². The second kappa shape index (κ2) is 37.0. The molecule has 2 heterocycles. The number of nitrogens with one attached hydrogen (secondary N) is 3. The SMILES string of the molecule is C#CCOCCOCCOCCOCCC(=O)N(CCOCCNC(=O)OC[C@@H](O)[C@@H](O)[C@@H]1OC(C(=O)O)=C[C@H](N=C(N)N)[C@H]1N)CCOCCNC(=O)OC[C@@H](O)[C@@H](O)[C@@H]1OC(C(=O)O)=C[C@H](N=C(N)N)[C@H]1NC(C)=O. The van der Waals surface area contributed by atoms with E-state index in [2.05, 4.69) is 31.9 Å². The number of aliphatic carboxylic acids is 2. The number of carbonyl (C=O) groups is 6. The molecule has 0 aromatic carbocycles. The van der Waals surface area contributed by atoms with Crippen LogP contribution in [-0.2, 0) is 66.5 Å². The van der Waals surface area contributed by atoms with Gasteiger partial charge >= 0.3 is 24.1 Å². The first kappa shape index (κ1) is 66.3. The van der Waals surface area contributed by atoms with Crippen LogP contribution in [0.1, 0.15) is 13.3 Å². The molecule has 2 rings (SSSR count). The minimum absolute atomic E-state index is 0.00156. The number of rotatable bonds is 38. The molecule has 0 saturated carbocycles. The van der Waals surface area contributed by atoms with Gasteiger partial charge in [-0.3, -0.25) is 9.59 Å². The van der Waals surface area contributed by atoms with Crippen LogP contribution in [0.3, 0.4) is 0 Å². The third-order valence-electron chi connectivity index (χ3n) is 10.4. The minimum atomic E-state index is -1.93. The number of carboxylic acid groups (broad SMARTS) is 2. The van der Waals surface area contributed by atoms with E-state index in [-0.39, 0.29) is 91.4 Å². The van der Waals surface area contributed by atoms with Gasteiger partial charge in [0, 0.05) is 33.1 Å². The minimum Gasteiger partial charge on any atom is -0.479 e. The Morgan fingerprint density at radius 2 is 1.09 bits per heavy atom. The van der Waals surface area contributed by atoms with Crippen LogP contribution in [0, 0.1) is 12.3 Å². The van der Waals surface area contributed by atoms with Gasteiger partial charge < -0.3 is 128 Å². The summed E-state index contributed by atoms with van der Waals surface area (Å²) in [6.07, 6.45) is -5.45. The highest BCUT2D eigenvalue weighted by Crippen LogP contribution is 2.26. The Morgan fingerprint density at radius 1 is 0.662 bits per heavy atom. The van der Waals surface area contributed by atoms with Gasteiger partial charge in [-0.05, 0) is 12.2 Å². The lowest BCUT2D eigenvalue weighted by atomic mass is 9.92. The standard InChI is InChI=1S/C44H73N11O22/c1-3-9-68-15-17-72-19-20-73-18-16-69-10-4-32(59)55(7-13-70-11-5-50-43(66)74-23-28(57)35(60)37-33(45)26(53-41(46)47)21-30(76-37)39(62)63)8-14-71-12-6-51-44(67)75-24-29(58)36(61)38-34(52-25(2)56)27(54-42(48)49)22-31(77-38)40(64)65/h1,21-22,26-29,33-38,57-58,60-61H,4-20,23-24,45H2,2H3,(H,50,66)(H,51,67)(H,52,56)(H,62,63)(H,64,65)(H4,46,47,53)(H4,48,49,54)/t26-,27-,28+,29+,33+,34+,35+,36+,37+,38+/m0/s1. The molecule has 0 spiro atoms. The van der Waals surface area contributed by atoms with Gasteiger partial charge in [-0.1, -0.05) is 5.92 Å². The number of nitrogens with two attached hydrogens (primary N) is 5. The molecule has 0 aromatic rings. The number of aliphatic hydroxyl groups excluding tert-OH is 4. The summed E-state index contributed by atoms with van der Waals surface area (Å²) >= 11 is 0. The Bertz CT molecular complexity index is 2020. The van der Waals surface area contributed by atoms with Crippen molar-refractivity contribution in [2.75, 3.05) is 119 Å². The molecule has 0 aliphatic carbocycles. The number of guanidine groups is 2. The molecular formula is C44H73N11O22. The van der Waals surface area contributed by atoms with Gasteiger partial charge in [0.15, 0.2) is 11.9 Å². The number of carbonyl (C=O) groups excluding carboxylic acids is 4. The molecule has 436 valence electrons. The quantitative estimate of drug-likeness (QED) is 0.0118. The van der Waals surface area contributed by atoms with Gasteiger partial charge in [0.2, 0.25) is 23.3 Å². The highest BCUT2D eigenvalue weighted by molar-refractivity contribution is 5.86. The van der Waals surface area contributed by atoms with E-state index in [0.717, 1.165) is 19.1 Å². The van der Waals surface area contributed by atoms with Crippen LogP contribution in [0.25, 0.3) is 0 Å². The summed E-state index contributed by atoms with van der Waals surface area (Å²) in [4.78, 5) is 82.3. The van der Waals surface area contributed by atoms with Gasteiger partial charge in [-0.25, -0.2) is 29.2 Å². The Morgan fingerprint density at radius 3 is 1.56 bits per heavy atom. The zero-order chi connectivity index (χ0) is 57.3. The number of aliphatic imine (C=N–C) groups is 2. The van der Waals surface area contributed by atoms with Gasteiger partial charge in [0.1, 0.15) is 56.4 Å². The summed E-state index contributed by atoms with van der Waals surface area (Å²) in [5, 5.41) is 68.9. The van der Waals surface area contributed by atoms with Crippen molar-refractivity contribution in [1.29, 1.82) is 0 Å². The van der Waals surface area contributed by atoms with Crippen LogP contribution >= 0.6 is 0 Å². The number of carboxylic acids is 2. The monoisotopic (exact) mass is 1110 g/mol. The van der Waals surface area contributed by atoms with Crippen molar-refractivity contribution in [2.45, 2.75) is 74.1 Å². The summed E-state index contributed by atoms with van der Waals surface area (Å²) in [6.45, 7) is 1.43. The molecule has 2 aliphatic heterocycles. The van der Waals surface area contributed by atoms with Crippen molar-refractivity contribution in [3.05, 3.63) is 23.7 Å². The molecule has 33 heteroatoms. The largest absolute Gasteiger partial charge is 0.479 e. The molecule has 0 saturated heterocycles. The average molecular weight is 1110 g/mol. The molecule has 0 radical (unpaired) electrons. The Hall–Kier alpha value is -6.84. The van der Waals surface area contributed by atoms with E-state index in [1.165, 1.54) is 4.90 Å². The van der Waals surface area contributed by atoms with Crippen molar-refractivity contribution in [3.8, 4) is 12.3 Å². The molecule has 0 unspecified atom stereocenters. The van der Waals surface area contributed by atoms with E-state index in [4.69, 9.17) is 82.5 Å². The fourth-order valence-corrected chi connectivity index (χ4v) is 6.78. The molecule has 33 nitrogen and oxygen atoms in total. The van der Waals surface area contributed by atoms with Crippen LogP contribution in [0.5, 0.6) is 0 Å². The molecule has 10 atom stereocenters. The number of hydrogen-bond acceptors (Lipinski definition) is 23. The number of alkyl carbamates (subject to hydrolysis) is 2. The first-order valence-corrected chi connectivity index (χ1v) is 23.8. The summed E-state index contributed by atoms with van der Waals surface area (Å²) in [5.41, 5.74) is 27.8. The van der Waals surface area contributed by atoms with Crippen molar-refractivity contribution in [1.82, 2.24) is 20.9 Å². The first-order valence-electron chi connectivity index (χ1n) is 23.8. The molecular weight excluding hydrogens is 1030 g/mol. The van der Waals surface area contributed by atoms with Crippen LogP contribution in [0.4, 0.5) is 9.59 Å². The molecule has 0 bridgehead atoms. The Labute approximate surface area is 442 Å². The smallest absolute Gasteiger partial charge is 0.407 e. The maximum Gasteiger partial charge on any atom is 0.407 e. The normalized spacial score (nSPS) is 20.3. The Kier molecular flexibility index (Phi) is 31.9. The summed E-state index contributed by atoms with van der Waals surface area (Å²) < 4.78 is 53.2. The van der Waals surface area contributed by atoms with Crippen molar-refractivity contribution >= 4 is 47.9 Å². The van der Waals surface area contributed by atoms with Gasteiger partial charge in [-0.15, -0.1) is 6.42 Å². The molecule has 0 fully saturated rings. The predicted octanol–water partition coefficient (Wildman–Crippen LogP) is -7.32. The highest BCUT2D eigenvalue weighted by Gasteiger charge is 2.45. The molecule has 0 aromatic heterocycles. The van der Waals surface area contributed by atoms with Crippen molar-refractivity contribution in [3.63, 3.8) is 0 Å². The third kappa shape index (κ3) is 26.7. The van der Waals surface area contributed by atoms with Crippen molar-refractivity contribution < 1.29 is 107 Å². The number of terminal acetylenes is 1. The van der Waals surface area contributed by atoms with Gasteiger partial charge in [0.25, 0.3) is 0 Å². The van der Waals surface area contributed by atoms with Crippen molar-refractivity contribution in [2.24, 2.45) is 38.7 Å². The number of hydrogen-bond donors (Lipinski definition) is 14. The van der Waals surface area contributed by atoms with Gasteiger partial charge in [0.05, 0.1) is 103 Å². The maximum atomic E-state index is 13.2. The van der Waals surface area contributed by atoms with E-state index < -0.39 is 127 Å². The Balaban J connectivity index is 1.83. The lowest BCUT2D eigenvalue weighted by molar-refractivity contribution is -0.146. The predicted molar refractivity (Wildman–Crippen MR) is 264 cm³/mol. The van der Waals surface area contributed by atoms with Gasteiger partial charge in [-0.2, -0.15) is 0 Å². The van der Waals surface area contributed by atoms with Crippen LogP contribution in [0.15, 0.2) is 33.7 Å². The molecule has 19 N–H and O–H groups in total. The lowest BCUT2D eigenvalue weighted by Gasteiger charge is -2.38. The zero-order valence-electron chi connectivity index (χ0n) is 42.4. The average Bonchev–Trinajstić information content (AvgIpc) is 3.37. The lowest BCUT2D eigenvalue weighted by Crippen LogP contribution is -2.60. The van der Waals surface area contributed by atoms with E-state index in [1.54, 1.807) is 0 Å². The third-order valence-corrected chi connectivity index (χ3v) is 10.4. The molecule has 4 amide bonds. The maximum absolute atomic E-state index is 13.2. The highest BCUT2D eigenvalue weighted by atomic mass is 16.6. The summed E-state index contributed by atoms with van der Waals surface area (Å²) in [5.74, 6) is -3.85. The number of aliphatic hydroxyl groups is 4. The number of nitrogens with zero attached hydrogens (tertiary/aromatic N) is 3. The summed E-state index contributed by atoms with van der Waals surface area (Å²) in [7, 11) is 0. The number of ether oxygens (including phenoxy) is 10. The molecule has 2 aliphatic rings. The second-order valence-electron chi connectivity index (χ2n) is 16.3. The van der Waals surface area contributed by atoms with Crippen LogP contribution in [-0.4, -0.2) is 263 Å². The fourth-order valence-electron chi connectivity index (χ4n) is 6.78. The van der Waals surface area contributed by atoms with E-state index in [1.807, 2.05) is 0 Å². The van der Waals surface area contributed by atoms with E-state index >= 15 is 0 Å². The van der Waals surface area contributed by atoms with Crippen LogP contribution in [0.2, 0.25) is 0 Å². The van der Waals surface area contributed by atoms with Crippen LogP contribution < -0.4 is 44.6 Å². The molecule has 77 heavy (non-hydrogen) atoms. The fraction of sp³-hybridized carbons (Fsp3) is 0.682. The first-order chi connectivity index (χ1) is 36.7. The summed E-state index contributed by atoms with van der Waals surface area (Å²) in [6, 6.07) is -4.79. The van der Waals surface area contributed by atoms with E-state index in [9.17, 15) is 59.4 Å². The number of amides is 4.